The van der Waals surface area contributed by atoms with Crippen LogP contribution in [0.5, 0.6) is 0 Å². The summed E-state index contributed by atoms with van der Waals surface area (Å²) in [4.78, 5) is 25.0. The van der Waals surface area contributed by atoms with Gasteiger partial charge in [-0.3, -0.25) is 4.79 Å². The lowest BCUT2D eigenvalue weighted by atomic mass is 9.86. The van der Waals surface area contributed by atoms with Crippen LogP contribution in [-0.4, -0.2) is 17.6 Å². The van der Waals surface area contributed by atoms with Gasteiger partial charge in [0, 0.05) is 40.9 Å². The van der Waals surface area contributed by atoms with Gasteiger partial charge in [-0.05, 0) is 36.0 Å². The van der Waals surface area contributed by atoms with Crippen molar-refractivity contribution in [3.05, 3.63) is 81.4 Å². The van der Waals surface area contributed by atoms with Gasteiger partial charge in [0.05, 0.1) is 12.4 Å². The van der Waals surface area contributed by atoms with Crippen molar-refractivity contribution in [3.63, 3.8) is 0 Å². The number of amides is 1. The van der Waals surface area contributed by atoms with E-state index in [0.717, 1.165) is 27.5 Å². The van der Waals surface area contributed by atoms with Crippen LogP contribution in [0.25, 0.3) is 21.9 Å². The summed E-state index contributed by atoms with van der Waals surface area (Å²) in [5.41, 5.74) is 3.74. The molecule has 1 amide bonds. The summed E-state index contributed by atoms with van der Waals surface area (Å²) in [7, 11) is 0. The number of fused-ring (bicyclic) bond motifs is 2. The van der Waals surface area contributed by atoms with Gasteiger partial charge >= 0.3 is 5.63 Å². The zero-order chi connectivity index (χ0) is 23.8. The summed E-state index contributed by atoms with van der Waals surface area (Å²) in [5, 5.41) is 14.8. The van der Waals surface area contributed by atoms with Gasteiger partial charge in [0.2, 0.25) is 5.91 Å². The number of carbonyl (C=O) groups excluding carboxylic acids is 1. The molecule has 0 radical (unpaired) electrons. The van der Waals surface area contributed by atoms with E-state index in [4.69, 9.17) is 8.83 Å². The van der Waals surface area contributed by atoms with Gasteiger partial charge in [-0.25, -0.2) is 4.79 Å². The zero-order valence-electron chi connectivity index (χ0n) is 19.4. The summed E-state index contributed by atoms with van der Waals surface area (Å²) in [6.07, 6.45) is 1.36. The van der Waals surface area contributed by atoms with E-state index >= 15 is 0 Å². The lowest BCUT2D eigenvalue weighted by Gasteiger charge is -2.16. The van der Waals surface area contributed by atoms with Crippen molar-refractivity contribution in [2.24, 2.45) is 0 Å². The van der Waals surface area contributed by atoms with Crippen LogP contribution >= 0.6 is 0 Å². The van der Waals surface area contributed by atoms with Crippen LogP contribution in [-0.2, 0) is 16.6 Å². The van der Waals surface area contributed by atoms with Gasteiger partial charge in [0.25, 0.3) is 0 Å². The van der Waals surface area contributed by atoms with Crippen molar-refractivity contribution < 1.29 is 18.7 Å². The maximum atomic E-state index is 12.6. The molecule has 0 aliphatic heterocycles. The van der Waals surface area contributed by atoms with Crippen LogP contribution in [0.4, 0.5) is 0 Å². The molecule has 4 rings (SSSR count). The minimum atomic E-state index is -0.781. The first kappa shape index (κ1) is 22.8. The third-order valence-electron chi connectivity index (χ3n) is 6.07. The molecule has 4 aromatic rings. The number of aliphatic hydroxyl groups excluding tert-OH is 1. The van der Waals surface area contributed by atoms with Crippen molar-refractivity contribution in [2.75, 3.05) is 6.54 Å². The lowest BCUT2D eigenvalue weighted by Crippen LogP contribution is -2.29. The second-order valence-corrected chi connectivity index (χ2v) is 9.47. The van der Waals surface area contributed by atoms with Gasteiger partial charge in [-0.15, -0.1) is 0 Å². The summed E-state index contributed by atoms with van der Waals surface area (Å²) >= 11 is 0. The average Bonchev–Trinajstić information content (AvgIpc) is 3.20. The van der Waals surface area contributed by atoms with Gasteiger partial charge in [0.15, 0.2) is 0 Å². The highest BCUT2D eigenvalue weighted by Crippen LogP contribution is 2.35. The summed E-state index contributed by atoms with van der Waals surface area (Å²) < 4.78 is 11.3. The fourth-order valence-electron chi connectivity index (χ4n) is 4.11. The summed E-state index contributed by atoms with van der Waals surface area (Å²) in [6.45, 7) is 8.37. The smallest absolute Gasteiger partial charge is 0.339 e. The number of aliphatic hydroxyl groups is 1. The van der Waals surface area contributed by atoms with Crippen molar-refractivity contribution >= 4 is 27.8 Å². The van der Waals surface area contributed by atoms with Crippen LogP contribution in [0.1, 0.15) is 55.5 Å². The molecule has 2 N–H and O–H groups in total. The number of furan rings is 1. The second-order valence-electron chi connectivity index (χ2n) is 9.47. The Hall–Kier alpha value is -3.38. The normalized spacial score (nSPS) is 12.9. The Labute approximate surface area is 192 Å². The van der Waals surface area contributed by atoms with Crippen LogP contribution in [0.15, 0.2) is 62.4 Å². The molecule has 0 saturated heterocycles. The average molecular weight is 448 g/mol. The lowest BCUT2D eigenvalue weighted by molar-refractivity contribution is -0.121. The Morgan fingerprint density at radius 3 is 2.52 bits per heavy atom. The van der Waals surface area contributed by atoms with E-state index in [0.29, 0.717) is 16.7 Å². The predicted octanol–water partition coefficient (Wildman–Crippen LogP) is 4.93. The number of aryl methyl sites for hydroxylation is 1. The molecule has 0 unspecified atom stereocenters. The molecule has 2 aromatic carbocycles. The van der Waals surface area contributed by atoms with Crippen molar-refractivity contribution in [1.82, 2.24) is 5.32 Å². The maximum absolute atomic E-state index is 12.6. The number of carbonyl (C=O) groups is 1. The fraction of sp³-hybridized carbons (Fsp3) is 0.333. The molecule has 6 heteroatoms. The molecule has 0 fully saturated rings. The minimum absolute atomic E-state index is 0.0896. The Kier molecular flexibility index (Phi) is 6.13. The number of hydrogen-bond acceptors (Lipinski definition) is 5. The molecule has 1 atom stereocenters. The molecule has 2 heterocycles. The third kappa shape index (κ3) is 4.71. The predicted molar refractivity (Wildman–Crippen MR) is 128 cm³/mol. The summed E-state index contributed by atoms with van der Waals surface area (Å²) in [6, 6.07) is 12.9. The minimum Gasteiger partial charge on any atom is -0.464 e. The van der Waals surface area contributed by atoms with E-state index in [1.807, 2.05) is 43.3 Å². The van der Waals surface area contributed by atoms with E-state index in [1.165, 1.54) is 0 Å². The molecule has 0 spiro atoms. The van der Waals surface area contributed by atoms with E-state index < -0.39 is 11.7 Å². The van der Waals surface area contributed by atoms with Crippen molar-refractivity contribution in [2.45, 2.75) is 52.1 Å². The Morgan fingerprint density at radius 2 is 1.82 bits per heavy atom. The quantitative estimate of drug-likeness (QED) is 0.409. The van der Waals surface area contributed by atoms with E-state index in [2.05, 4.69) is 26.1 Å². The van der Waals surface area contributed by atoms with Crippen LogP contribution < -0.4 is 10.9 Å². The standard InChI is InChI=1S/C27H29NO5/c1-16-18(10-11-25(30)28-14-22(29)17-8-6-5-7-9-17)26(31)33-24-13-23-20(12-19(16)24)21(15-32-23)27(2,3)4/h5-9,12-13,15,22,29H,10-11,14H2,1-4H3,(H,28,30)/t22-/m0/s1. The maximum Gasteiger partial charge on any atom is 0.339 e. The monoisotopic (exact) mass is 447 g/mol. The molecular weight excluding hydrogens is 418 g/mol. The molecule has 2 aromatic heterocycles. The first-order valence-electron chi connectivity index (χ1n) is 11.1. The van der Waals surface area contributed by atoms with Gasteiger partial charge < -0.3 is 19.3 Å². The highest BCUT2D eigenvalue weighted by atomic mass is 16.4. The van der Waals surface area contributed by atoms with Gasteiger partial charge in [-0.1, -0.05) is 51.1 Å². The molecule has 172 valence electrons. The van der Waals surface area contributed by atoms with Crippen molar-refractivity contribution in [3.8, 4) is 0 Å². The molecule has 0 bridgehead atoms. The van der Waals surface area contributed by atoms with Gasteiger partial charge in [-0.2, -0.15) is 0 Å². The van der Waals surface area contributed by atoms with Crippen LogP contribution in [0, 0.1) is 6.92 Å². The van der Waals surface area contributed by atoms with Crippen LogP contribution in [0.3, 0.4) is 0 Å². The molecule has 0 aliphatic carbocycles. The van der Waals surface area contributed by atoms with Crippen molar-refractivity contribution in [1.29, 1.82) is 0 Å². The topological polar surface area (TPSA) is 92.7 Å². The first-order valence-corrected chi connectivity index (χ1v) is 11.1. The molecule has 33 heavy (non-hydrogen) atoms. The Bertz CT molecular complexity index is 1360. The van der Waals surface area contributed by atoms with Crippen LogP contribution in [0.2, 0.25) is 0 Å². The molecule has 6 nitrogen and oxygen atoms in total. The van der Waals surface area contributed by atoms with E-state index in [9.17, 15) is 14.7 Å². The van der Waals surface area contributed by atoms with E-state index in [-0.39, 0.29) is 30.7 Å². The Balaban J connectivity index is 1.53. The highest BCUT2D eigenvalue weighted by Gasteiger charge is 2.22. The molecule has 0 aliphatic rings. The largest absolute Gasteiger partial charge is 0.464 e. The third-order valence-corrected chi connectivity index (χ3v) is 6.07. The number of benzene rings is 2. The van der Waals surface area contributed by atoms with E-state index in [1.54, 1.807) is 12.3 Å². The number of hydrogen-bond donors (Lipinski definition) is 2. The second kappa shape index (κ2) is 8.87. The molecule has 0 saturated carbocycles. The summed E-state index contributed by atoms with van der Waals surface area (Å²) in [5.74, 6) is -0.232. The first-order chi connectivity index (χ1) is 15.6. The number of rotatable bonds is 6. The highest BCUT2D eigenvalue weighted by molar-refractivity contribution is 5.96. The Morgan fingerprint density at radius 1 is 1.09 bits per heavy atom. The zero-order valence-corrected chi connectivity index (χ0v) is 19.4. The molecular formula is C27H29NO5. The SMILES string of the molecule is Cc1c(CCC(=O)NC[C@H](O)c2ccccc2)c(=O)oc2cc3occ(C(C)(C)C)c3cc12. The number of nitrogens with one attached hydrogen (secondary N) is 1. The fourth-order valence-corrected chi connectivity index (χ4v) is 4.11. The van der Waals surface area contributed by atoms with Gasteiger partial charge in [0.1, 0.15) is 11.2 Å².